The van der Waals surface area contributed by atoms with Crippen molar-refractivity contribution < 1.29 is 80.2 Å². The van der Waals surface area contributed by atoms with Crippen molar-refractivity contribution in [2.45, 2.75) is 341 Å². The number of hydrogen-bond donors (Lipinski definition) is 3. The van der Waals surface area contributed by atoms with Crippen LogP contribution in [0.3, 0.4) is 0 Å². The zero-order chi connectivity index (χ0) is 74.6. The van der Waals surface area contributed by atoms with E-state index in [1.54, 1.807) is 0 Å². The summed E-state index contributed by atoms with van der Waals surface area (Å²) in [5.41, 5.74) is 0. The van der Waals surface area contributed by atoms with Gasteiger partial charge in [-0.25, -0.2) is 9.13 Å². The Morgan fingerprint density at radius 3 is 0.824 bits per heavy atom. The molecule has 0 amide bonds. The number of hydrogen-bond acceptors (Lipinski definition) is 15. The lowest BCUT2D eigenvalue weighted by atomic mass is 10.1. The fourth-order valence-electron chi connectivity index (χ4n) is 10.3. The molecule has 0 radical (unpaired) electrons. The Balaban J connectivity index is 5.47. The van der Waals surface area contributed by atoms with Crippen molar-refractivity contribution in [3.05, 3.63) is 122 Å². The number of unbranched alkanes of at least 4 members (excludes halogenated alkanes) is 28. The molecular formula is C83H142O17P2. The molecule has 19 heteroatoms. The summed E-state index contributed by atoms with van der Waals surface area (Å²) >= 11 is 0. The SMILES string of the molecule is CCCCC/C=C\C/C=C\C/C=C\C/C=C\CCCC(=O)OC[C@H](COP(=O)(O)OC[C@H](O)COP(=O)(O)OC[C@@H](COC(=O)CCCCCCC/C=C\CCCCCC)OC(=O)CCC/C=C\C/C=C\C/C=C\C/C=C\CCCCC)OC(=O)CCCCCCC/C=C\CCCCCCCC. The van der Waals surface area contributed by atoms with Crippen LogP contribution < -0.4 is 0 Å². The number of carbonyl (C=O) groups excluding carboxylic acids is 4. The van der Waals surface area contributed by atoms with Crippen LogP contribution in [0.2, 0.25) is 0 Å². The van der Waals surface area contributed by atoms with Gasteiger partial charge in [-0.1, -0.05) is 265 Å². The summed E-state index contributed by atoms with van der Waals surface area (Å²) in [6.45, 7) is 4.67. The molecule has 0 heterocycles. The van der Waals surface area contributed by atoms with E-state index in [0.29, 0.717) is 38.5 Å². The lowest BCUT2D eigenvalue weighted by Crippen LogP contribution is -2.30. The largest absolute Gasteiger partial charge is 0.472 e. The van der Waals surface area contributed by atoms with Crippen LogP contribution in [0.5, 0.6) is 0 Å². The summed E-state index contributed by atoms with van der Waals surface area (Å²) in [5.74, 6) is -2.32. The van der Waals surface area contributed by atoms with E-state index in [1.807, 2.05) is 24.3 Å². The molecule has 0 aromatic heterocycles. The monoisotopic (exact) mass is 1470 g/mol. The van der Waals surface area contributed by atoms with Gasteiger partial charge in [0.1, 0.15) is 19.3 Å². The zero-order valence-corrected chi connectivity index (χ0v) is 65.8. The van der Waals surface area contributed by atoms with Crippen molar-refractivity contribution in [1.29, 1.82) is 0 Å². The van der Waals surface area contributed by atoms with Crippen molar-refractivity contribution >= 4 is 39.5 Å². The molecule has 586 valence electrons. The Morgan fingerprint density at radius 1 is 0.275 bits per heavy atom. The molecule has 0 rings (SSSR count). The van der Waals surface area contributed by atoms with Gasteiger partial charge in [-0.05, 0) is 154 Å². The first kappa shape index (κ1) is 97.5. The first-order chi connectivity index (χ1) is 49.7. The van der Waals surface area contributed by atoms with Crippen molar-refractivity contribution in [2.24, 2.45) is 0 Å². The standard InChI is InChI=1S/C83H142O17P2/c1-5-9-13-17-21-25-29-33-36-38-41-44-48-52-56-60-64-68-81(86)94-74-79(99-82(87)69-65-61-57-53-49-45-40-35-31-27-23-19-15-11-7-3)76-98-102(91,92)96-72-77(84)71-95-101(89,90)97-75-78(73-93-80(85)67-63-59-55-51-47-43-32-28-24-20-16-12-8-4)100-83(88)70-66-62-58-54-50-46-42-39-37-34-30-26-22-18-14-10-6-2/h21-22,25-26,28,32-37,40-42,44,46,52,54,56,58,77-79,84H,5-20,23-24,27,29-31,38-39,43,45,47-51,53,55,57,59-76H2,1-4H3,(H,89,90)(H,91,92)/b25-21-,26-22-,32-28-,36-33-,37-34-,40-35-,44-41-,46-42-,56-52-,58-54-/t77-,78-,79-/m1/s1. The van der Waals surface area contributed by atoms with Gasteiger partial charge in [0.2, 0.25) is 0 Å². The second-order valence-electron chi connectivity index (χ2n) is 26.3. The van der Waals surface area contributed by atoms with Crippen LogP contribution in [-0.4, -0.2) is 96.7 Å². The molecule has 0 fully saturated rings. The minimum Gasteiger partial charge on any atom is -0.462 e. The third-order valence-corrected chi connectivity index (χ3v) is 18.3. The van der Waals surface area contributed by atoms with Crippen molar-refractivity contribution in [2.75, 3.05) is 39.6 Å². The highest BCUT2D eigenvalue weighted by atomic mass is 31.2. The summed E-state index contributed by atoms with van der Waals surface area (Å²) in [6, 6.07) is 0. The number of rotatable bonds is 74. The average molecular weight is 1470 g/mol. The Bertz CT molecular complexity index is 2410. The van der Waals surface area contributed by atoms with Crippen LogP contribution in [0.15, 0.2) is 122 Å². The minimum atomic E-state index is -5.00. The van der Waals surface area contributed by atoms with Gasteiger partial charge in [-0.15, -0.1) is 0 Å². The molecule has 0 aromatic rings. The number of carbonyl (C=O) groups is 4. The number of esters is 4. The third-order valence-electron chi connectivity index (χ3n) is 16.4. The van der Waals surface area contributed by atoms with Gasteiger partial charge in [-0.2, -0.15) is 0 Å². The topological polar surface area (TPSA) is 237 Å². The fraction of sp³-hybridized carbons (Fsp3) is 0.711. The molecule has 2 unspecified atom stereocenters. The Morgan fingerprint density at radius 2 is 0.490 bits per heavy atom. The van der Waals surface area contributed by atoms with Gasteiger partial charge >= 0.3 is 39.5 Å². The quantitative estimate of drug-likeness (QED) is 0.0169. The van der Waals surface area contributed by atoms with Gasteiger partial charge in [0.25, 0.3) is 0 Å². The van der Waals surface area contributed by atoms with Crippen molar-refractivity contribution in [3.63, 3.8) is 0 Å². The van der Waals surface area contributed by atoms with Crippen molar-refractivity contribution in [1.82, 2.24) is 0 Å². The van der Waals surface area contributed by atoms with Crippen molar-refractivity contribution in [3.8, 4) is 0 Å². The number of phosphoric ester groups is 2. The predicted molar refractivity (Wildman–Crippen MR) is 418 cm³/mol. The zero-order valence-electron chi connectivity index (χ0n) is 64.0. The minimum absolute atomic E-state index is 0.0147. The first-order valence-corrected chi connectivity index (χ1v) is 42.8. The molecule has 17 nitrogen and oxygen atoms in total. The van der Waals surface area contributed by atoms with Gasteiger partial charge in [-0.3, -0.25) is 37.3 Å². The molecular weight excluding hydrogens is 1330 g/mol. The predicted octanol–water partition coefficient (Wildman–Crippen LogP) is 23.1. The average Bonchev–Trinajstić information content (AvgIpc) is 0.951. The maximum absolute atomic E-state index is 13.1. The highest BCUT2D eigenvalue weighted by Crippen LogP contribution is 2.45. The summed E-state index contributed by atoms with van der Waals surface area (Å²) in [4.78, 5) is 72.9. The van der Waals surface area contributed by atoms with Crippen LogP contribution in [0.4, 0.5) is 0 Å². The van der Waals surface area contributed by atoms with Gasteiger partial charge < -0.3 is 33.8 Å². The van der Waals surface area contributed by atoms with Crippen LogP contribution in [-0.2, 0) is 65.4 Å². The molecule has 5 atom stereocenters. The van der Waals surface area contributed by atoms with Gasteiger partial charge in [0, 0.05) is 25.7 Å². The van der Waals surface area contributed by atoms with E-state index < -0.39 is 97.5 Å². The number of aliphatic hydroxyl groups is 1. The van der Waals surface area contributed by atoms with E-state index >= 15 is 0 Å². The van der Waals surface area contributed by atoms with Crippen LogP contribution >= 0.6 is 15.6 Å². The third kappa shape index (κ3) is 73.8. The molecule has 3 N–H and O–H groups in total. The molecule has 0 bridgehead atoms. The molecule has 0 spiro atoms. The van der Waals surface area contributed by atoms with E-state index in [1.165, 1.54) is 103 Å². The summed E-state index contributed by atoms with van der Waals surface area (Å²) in [6.07, 6.45) is 81.9. The molecule has 0 aliphatic rings. The summed E-state index contributed by atoms with van der Waals surface area (Å²) < 4.78 is 68.4. The van der Waals surface area contributed by atoms with E-state index in [4.69, 9.17) is 37.0 Å². The summed E-state index contributed by atoms with van der Waals surface area (Å²) in [7, 11) is -9.99. The second-order valence-corrected chi connectivity index (χ2v) is 29.2. The normalized spacial score (nSPS) is 14.5. The summed E-state index contributed by atoms with van der Waals surface area (Å²) in [5, 5.41) is 10.6. The number of allylic oxidation sites excluding steroid dienone is 20. The molecule has 102 heavy (non-hydrogen) atoms. The maximum atomic E-state index is 13.1. The highest BCUT2D eigenvalue weighted by molar-refractivity contribution is 7.47. The molecule has 0 aliphatic heterocycles. The Labute approximate surface area is 619 Å². The first-order valence-electron chi connectivity index (χ1n) is 39.8. The van der Waals surface area contributed by atoms with E-state index in [-0.39, 0.29) is 25.7 Å². The molecule has 0 saturated heterocycles. The van der Waals surface area contributed by atoms with E-state index in [9.17, 15) is 43.2 Å². The van der Waals surface area contributed by atoms with Crippen LogP contribution in [0.1, 0.15) is 323 Å². The van der Waals surface area contributed by atoms with Gasteiger partial charge in [0.05, 0.1) is 26.4 Å². The fourth-order valence-corrected chi connectivity index (χ4v) is 11.8. The van der Waals surface area contributed by atoms with E-state index in [0.717, 1.165) is 128 Å². The second kappa shape index (κ2) is 74.7. The van der Waals surface area contributed by atoms with Crippen LogP contribution in [0, 0.1) is 0 Å². The Hall–Kier alpha value is -4.54. The Kier molecular flexibility index (Phi) is 71.4. The molecule has 0 aliphatic carbocycles. The number of ether oxygens (including phenoxy) is 4. The lowest BCUT2D eigenvalue weighted by Gasteiger charge is -2.21. The maximum Gasteiger partial charge on any atom is 0.472 e. The molecule has 0 saturated carbocycles. The highest BCUT2D eigenvalue weighted by Gasteiger charge is 2.30. The van der Waals surface area contributed by atoms with Gasteiger partial charge in [0.15, 0.2) is 12.2 Å². The molecule has 0 aromatic carbocycles. The smallest absolute Gasteiger partial charge is 0.462 e. The lowest BCUT2D eigenvalue weighted by molar-refractivity contribution is -0.161. The number of aliphatic hydroxyl groups excluding tert-OH is 1. The van der Waals surface area contributed by atoms with Crippen LogP contribution in [0.25, 0.3) is 0 Å². The van der Waals surface area contributed by atoms with E-state index in [2.05, 4.69) is 125 Å². The number of phosphoric acid groups is 2.